The van der Waals surface area contributed by atoms with E-state index < -0.39 is 0 Å². The average Bonchev–Trinajstić information content (AvgIpc) is 3.39. The van der Waals surface area contributed by atoms with Crippen molar-refractivity contribution in [2.75, 3.05) is 19.6 Å². The van der Waals surface area contributed by atoms with E-state index in [0.717, 1.165) is 18.8 Å². The van der Waals surface area contributed by atoms with Crippen molar-refractivity contribution in [3.63, 3.8) is 0 Å². The highest BCUT2D eigenvalue weighted by atomic mass is 16.3. The van der Waals surface area contributed by atoms with Gasteiger partial charge in [-0.15, -0.1) is 0 Å². The molecule has 0 bridgehead atoms. The number of H-pyrrole nitrogens is 1. The average molecular weight is 366 g/mol. The summed E-state index contributed by atoms with van der Waals surface area (Å²) in [4.78, 5) is 26.8. The van der Waals surface area contributed by atoms with Gasteiger partial charge in [0, 0.05) is 11.9 Å². The van der Waals surface area contributed by atoms with Crippen molar-refractivity contribution < 1.29 is 9.21 Å². The maximum absolute atomic E-state index is 12.5. The maximum atomic E-state index is 12.5. The minimum Gasteiger partial charge on any atom is -0.468 e. The van der Waals surface area contributed by atoms with Gasteiger partial charge in [-0.05, 0) is 44.1 Å². The zero-order chi connectivity index (χ0) is 18.6. The van der Waals surface area contributed by atoms with Gasteiger partial charge in [-0.2, -0.15) is 5.10 Å². The third-order valence-corrected chi connectivity index (χ3v) is 5.05. The van der Waals surface area contributed by atoms with Gasteiger partial charge in [-0.1, -0.05) is 18.2 Å². The molecule has 0 spiro atoms. The van der Waals surface area contributed by atoms with E-state index in [2.05, 4.69) is 20.4 Å². The number of furan rings is 1. The molecule has 3 aromatic rings. The first kappa shape index (κ1) is 17.5. The Hall–Kier alpha value is -2.93. The number of carbonyl (C=O) groups excluding carboxylic acids is 1. The Kier molecular flexibility index (Phi) is 5.02. The Morgan fingerprint density at radius 3 is 2.70 bits per heavy atom. The number of hydrogen-bond donors (Lipinski definition) is 2. The van der Waals surface area contributed by atoms with Crippen molar-refractivity contribution in [3.8, 4) is 0 Å². The SMILES string of the molecule is O=C(Cc1n[nH]c(=O)c2ccccc12)NC[C@@H](c1ccco1)N1CCCC1. The Bertz CT molecular complexity index is 974. The second kappa shape index (κ2) is 7.75. The van der Waals surface area contributed by atoms with Crippen LogP contribution < -0.4 is 10.9 Å². The van der Waals surface area contributed by atoms with Crippen LogP contribution in [0.25, 0.3) is 10.8 Å². The Morgan fingerprint density at radius 1 is 1.19 bits per heavy atom. The lowest BCUT2D eigenvalue weighted by Crippen LogP contribution is -2.37. The van der Waals surface area contributed by atoms with Crippen LogP contribution in [0.1, 0.15) is 30.3 Å². The van der Waals surface area contributed by atoms with Crippen molar-refractivity contribution in [1.29, 1.82) is 0 Å². The van der Waals surface area contributed by atoms with Crippen LogP contribution in [0.4, 0.5) is 0 Å². The molecular weight excluding hydrogens is 344 g/mol. The highest BCUT2D eigenvalue weighted by Crippen LogP contribution is 2.25. The predicted molar refractivity (Wildman–Crippen MR) is 101 cm³/mol. The number of amides is 1. The van der Waals surface area contributed by atoms with E-state index in [9.17, 15) is 9.59 Å². The number of nitrogens with zero attached hydrogens (tertiary/aromatic N) is 2. The number of benzene rings is 1. The minimum atomic E-state index is -0.248. The number of carbonyl (C=O) groups is 1. The van der Waals surface area contributed by atoms with Crippen LogP contribution >= 0.6 is 0 Å². The van der Waals surface area contributed by atoms with Gasteiger partial charge in [0.25, 0.3) is 5.56 Å². The van der Waals surface area contributed by atoms with E-state index in [1.165, 1.54) is 12.8 Å². The molecule has 1 fully saturated rings. The molecule has 27 heavy (non-hydrogen) atoms. The van der Waals surface area contributed by atoms with Crippen molar-refractivity contribution in [1.82, 2.24) is 20.4 Å². The molecule has 7 heteroatoms. The number of nitrogens with one attached hydrogen (secondary N) is 2. The summed E-state index contributed by atoms with van der Waals surface area (Å²) in [7, 11) is 0. The fourth-order valence-corrected chi connectivity index (χ4v) is 3.68. The summed E-state index contributed by atoms with van der Waals surface area (Å²) in [5.41, 5.74) is 0.320. The van der Waals surface area contributed by atoms with Gasteiger partial charge in [0.1, 0.15) is 5.76 Å². The molecule has 7 nitrogen and oxygen atoms in total. The number of hydrogen-bond acceptors (Lipinski definition) is 5. The number of aromatic amines is 1. The fourth-order valence-electron chi connectivity index (χ4n) is 3.68. The molecule has 1 amide bonds. The lowest BCUT2D eigenvalue weighted by atomic mass is 10.1. The molecule has 2 N–H and O–H groups in total. The van der Waals surface area contributed by atoms with Gasteiger partial charge in [-0.3, -0.25) is 14.5 Å². The van der Waals surface area contributed by atoms with Crippen LogP contribution in [-0.4, -0.2) is 40.6 Å². The molecule has 1 atom stereocenters. The first-order valence-corrected chi connectivity index (χ1v) is 9.23. The van der Waals surface area contributed by atoms with Gasteiger partial charge in [-0.25, -0.2) is 5.10 Å². The lowest BCUT2D eigenvalue weighted by molar-refractivity contribution is -0.120. The smallest absolute Gasteiger partial charge is 0.272 e. The summed E-state index contributed by atoms with van der Waals surface area (Å²) in [5.74, 6) is 0.736. The molecule has 4 rings (SSSR count). The molecule has 0 aliphatic carbocycles. The van der Waals surface area contributed by atoms with Gasteiger partial charge in [0.15, 0.2) is 0 Å². The summed E-state index contributed by atoms with van der Waals surface area (Å²) in [5, 5.41) is 10.8. The topological polar surface area (TPSA) is 91.2 Å². The lowest BCUT2D eigenvalue weighted by Gasteiger charge is -2.26. The second-order valence-corrected chi connectivity index (χ2v) is 6.80. The molecule has 2 aromatic heterocycles. The highest BCUT2D eigenvalue weighted by Gasteiger charge is 2.26. The largest absolute Gasteiger partial charge is 0.468 e. The van der Waals surface area contributed by atoms with Crippen LogP contribution in [0.3, 0.4) is 0 Å². The van der Waals surface area contributed by atoms with Crippen molar-refractivity contribution in [2.24, 2.45) is 0 Å². The summed E-state index contributed by atoms with van der Waals surface area (Å²) < 4.78 is 5.58. The molecule has 0 unspecified atom stereocenters. The monoisotopic (exact) mass is 366 g/mol. The Labute approximate surface area is 156 Å². The first-order chi connectivity index (χ1) is 13.2. The van der Waals surface area contributed by atoms with E-state index in [-0.39, 0.29) is 23.9 Å². The number of likely N-dealkylation sites (tertiary alicyclic amines) is 1. The standard InChI is InChI=1S/C20H22N4O3/c25-19(12-16-14-6-1-2-7-15(14)20(26)23-22-16)21-13-17(18-8-5-11-27-18)24-9-3-4-10-24/h1-2,5-8,11,17H,3-4,9-10,12-13H2,(H,21,25)(H,23,26)/t17-/m0/s1. The zero-order valence-corrected chi connectivity index (χ0v) is 15.0. The molecule has 3 heterocycles. The summed E-state index contributed by atoms with van der Waals surface area (Å²) in [6.07, 6.45) is 4.11. The van der Waals surface area contributed by atoms with Crippen molar-refractivity contribution >= 4 is 16.7 Å². The van der Waals surface area contributed by atoms with Crippen LogP contribution in [0.2, 0.25) is 0 Å². The van der Waals surface area contributed by atoms with Gasteiger partial charge >= 0.3 is 0 Å². The third-order valence-electron chi connectivity index (χ3n) is 5.05. The van der Waals surface area contributed by atoms with E-state index in [1.807, 2.05) is 24.3 Å². The molecule has 1 aromatic carbocycles. The summed E-state index contributed by atoms with van der Waals surface area (Å²) >= 11 is 0. The van der Waals surface area contributed by atoms with Crippen LogP contribution in [0.5, 0.6) is 0 Å². The van der Waals surface area contributed by atoms with Crippen LogP contribution in [0, 0.1) is 0 Å². The normalized spacial score (nSPS) is 15.9. The van der Waals surface area contributed by atoms with E-state index in [1.54, 1.807) is 18.4 Å². The zero-order valence-electron chi connectivity index (χ0n) is 15.0. The van der Waals surface area contributed by atoms with E-state index >= 15 is 0 Å². The highest BCUT2D eigenvalue weighted by molar-refractivity contribution is 5.88. The van der Waals surface area contributed by atoms with Crippen LogP contribution in [-0.2, 0) is 11.2 Å². The van der Waals surface area contributed by atoms with E-state index in [4.69, 9.17) is 4.42 Å². The number of fused-ring (bicyclic) bond motifs is 1. The summed E-state index contributed by atoms with van der Waals surface area (Å²) in [6, 6.07) is 11.0. The second-order valence-electron chi connectivity index (χ2n) is 6.80. The molecule has 140 valence electrons. The molecule has 1 saturated heterocycles. The molecule has 1 aliphatic rings. The van der Waals surface area contributed by atoms with Gasteiger partial charge < -0.3 is 9.73 Å². The van der Waals surface area contributed by atoms with Crippen molar-refractivity contribution in [2.45, 2.75) is 25.3 Å². The minimum absolute atomic E-state index is 0.0340. The summed E-state index contributed by atoms with van der Waals surface area (Å²) in [6.45, 7) is 2.49. The van der Waals surface area contributed by atoms with Gasteiger partial charge in [0.2, 0.25) is 5.91 Å². The number of rotatable bonds is 6. The van der Waals surface area contributed by atoms with E-state index in [0.29, 0.717) is 23.0 Å². The molecule has 0 radical (unpaired) electrons. The molecular formula is C20H22N4O3. The fraction of sp³-hybridized carbons (Fsp3) is 0.350. The molecule has 1 aliphatic heterocycles. The third kappa shape index (κ3) is 3.78. The van der Waals surface area contributed by atoms with Gasteiger partial charge in [0.05, 0.1) is 29.8 Å². The van der Waals surface area contributed by atoms with Crippen molar-refractivity contribution in [3.05, 3.63) is 64.5 Å². The predicted octanol–water partition coefficient (Wildman–Crippen LogP) is 2.01. The maximum Gasteiger partial charge on any atom is 0.272 e. The Balaban J connectivity index is 1.46. The first-order valence-electron chi connectivity index (χ1n) is 9.23. The number of aromatic nitrogens is 2. The molecule has 0 saturated carbocycles. The van der Waals surface area contributed by atoms with Crippen LogP contribution in [0.15, 0.2) is 51.9 Å². The quantitative estimate of drug-likeness (QED) is 0.696. The Morgan fingerprint density at radius 2 is 1.96 bits per heavy atom.